The maximum atomic E-state index is 12.0. The van der Waals surface area contributed by atoms with Crippen LogP contribution in [0.5, 0.6) is 0 Å². The van der Waals surface area contributed by atoms with Gasteiger partial charge in [0.25, 0.3) is 5.91 Å². The molecule has 0 bridgehead atoms. The zero-order valence-electron chi connectivity index (χ0n) is 9.86. The molecule has 0 aliphatic heterocycles. The smallest absolute Gasteiger partial charge is 0.307 e. The first-order chi connectivity index (χ1) is 8.49. The Bertz CT molecular complexity index is 643. The molecule has 2 aromatic rings. The predicted molar refractivity (Wildman–Crippen MR) is 73.7 cm³/mol. The molecule has 18 heavy (non-hydrogen) atoms. The molecule has 0 saturated heterocycles. The Hall–Kier alpha value is -1.59. The highest BCUT2D eigenvalue weighted by atomic mass is 35.5. The fraction of sp³-hybridized carbons (Fsp3) is 0.167. The summed E-state index contributed by atoms with van der Waals surface area (Å²) >= 11 is 6.70. The normalized spacial score (nSPS) is 10.4. The van der Waals surface area contributed by atoms with E-state index in [-0.39, 0.29) is 10.8 Å². The summed E-state index contributed by atoms with van der Waals surface area (Å²) in [4.78, 5) is 23.7. The van der Waals surface area contributed by atoms with Crippen LogP contribution in [0.3, 0.4) is 0 Å². The number of halogens is 1. The number of rotatable bonds is 2. The fourth-order valence-corrected chi connectivity index (χ4v) is 2.45. The average Bonchev–Trinajstić information content (AvgIpc) is 2.60. The van der Waals surface area contributed by atoms with Crippen LogP contribution in [-0.4, -0.2) is 10.5 Å². The zero-order chi connectivity index (χ0) is 13.3. The van der Waals surface area contributed by atoms with Crippen LogP contribution in [0.4, 0.5) is 5.69 Å². The van der Waals surface area contributed by atoms with Gasteiger partial charge in [-0.3, -0.25) is 9.59 Å². The van der Waals surface area contributed by atoms with Crippen molar-refractivity contribution in [3.05, 3.63) is 49.5 Å². The number of carbonyl (C=O) groups is 1. The van der Waals surface area contributed by atoms with Crippen molar-refractivity contribution in [1.29, 1.82) is 0 Å². The second-order valence-corrected chi connectivity index (χ2v) is 5.20. The largest absolute Gasteiger partial charge is 0.321 e. The molecule has 2 rings (SSSR count). The molecule has 1 amide bonds. The number of amides is 1. The van der Waals surface area contributed by atoms with Gasteiger partial charge in [0, 0.05) is 23.5 Å². The van der Waals surface area contributed by atoms with Crippen LogP contribution in [0.2, 0.25) is 5.02 Å². The summed E-state index contributed by atoms with van der Waals surface area (Å²) in [6, 6.07) is 6.80. The molecule has 0 fully saturated rings. The molecule has 1 aromatic carbocycles. The number of thiazole rings is 1. The molecule has 0 saturated carbocycles. The lowest BCUT2D eigenvalue weighted by atomic mass is 10.3. The Morgan fingerprint density at radius 2 is 1.94 bits per heavy atom. The van der Waals surface area contributed by atoms with Gasteiger partial charge in [0.2, 0.25) is 0 Å². The van der Waals surface area contributed by atoms with Gasteiger partial charge in [-0.05, 0) is 31.2 Å². The van der Waals surface area contributed by atoms with Gasteiger partial charge in [0.15, 0.2) is 0 Å². The van der Waals surface area contributed by atoms with E-state index in [1.165, 1.54) is 4.57 Å². The van der Waals surface area contributed by atoms with Gasteiger partial charge in [-0.15, -0.1) is 0 Å². The van der Waals surface area contributed by atoms with E-state index in [1.54, 1.807) is 38.2 Å². The quantitative estimate of drug-likeness (QED) is 0.921. The summed E-state index contributed by atoms with van der Waals surface area (Å²) in [5, 5.41) is 3.33. The maximum Gasteiger partial charge on any atom is 0.307 e. The molecular weight excluding hydrogens is 272 g/mol. The number of anilines is 1. The van der Waals surface area contributed by atoms with Gasteiger partial charge >= 0.3 is 4.87 Å². The van der Waals surface area contributed by atoms with Crippen LogP contribution in [0, 0.1) is 6.92 Å². The first-order valence-electron chi connectivity index (χ1n) is 5.22. The fourth-order valence-electron chi connectivity index (χ4n) is 1.45. The lowest BCUT2D eigenvalue weighted by Crippen LogP contribution is -2.12. The summed E-state index contributed by atoms with van der Waals surface area (Å²) < 4.78 is 1.46. The van der Waals surface area contributed by atoms with Crippen LogP contribution in [-0.2, 0) is 7.05 Å². The molecule has 1 aromatic heterocycles. The average molecular weight is 283 g/mol. The van der Waals surface area contributed by atoms with E-state index in [1.807, 2.05) is 0 Å². The van der Waals surface area contributed by atoms with E-state index in [0.29, 0.717) is 21.3 Å². The monoisotopic (exact) mass is 282 g/mol. The molecule has 94 valence electrons. The summed E-state index contributed by atoms with van der Waals surface area (Å²) in [7, 11) is 1.65. The molecule has 0 aliphatic rings. The molecule has 0 unspecified atom stereocenters. The summed E-state index contributed by atoms with van der Waals surface area (Å²) in [5.74, 6) is -0.280. The van der Waals surface area contributed by atoms with Crippen LogP contribution >= 0.6 is 22.9 Å². The van der Waals surface area contributed by atoms with E-state index >= 15 is 0 Å². The van der Waals surface area contributed by atoms with E-state index in [9.17, 15) is 9.59 Å². The third-order valence-electron chi connectivity index (χ3n) is 2.60. The number of benzene rings is 1. The third-order valence-corrected chi connectivity index (χ3v) is 3.99. The maximum absolute atomic E-state index is 12.0. The van der Waals surface area contributed by atoms with Crippen molar-refractivity contribution in [1.82, 2.24) is 4.57 Å². The number of aromatic nitrogens is 1. The van der Waals surface area contributed by atoms with Crippen LogP contribution in [0.1, 0.15) is 15.4 Å². The molecule has 1 heterocycles. The van der Waals surface area contributed by atoms with Crippen molar-refractivity contribution >= 4 is 34.5 Å². The predicted octanol–water partition coefficient (Wildman–Crippen LogP) is 2.66. The summed E-state index contributed by atoms with van der Waals surface area (Å²) in [5.41, 5.74) is 1.31. The lowest BCUT2D eigenvalue weighted by molar-refractivity contribution is 0.102. The number of nitrogens with one attached hydrogen (secondary N) is 1. The molecule has 6 heteroatoms. The van der Waals surface area contributed by atoms with Gasteiger partial charge in [-0.2, -0.15) is 0 Å². The Balaban J connectivity index is 2.24. The van der Waals surface area contributed by atoms with Crippen LogP contribution < -0.4 is 10.2 Å². The Kier molecular flexibility index (Phi) is 3.54. The highest BCUT2D eigenvalue weighted by Crippen LogP contribution is 2.16. The SMILES string of the molecule is Cc1c(C(=O)Nc2ccc(Cl)cc2)sc(=O)n1C. The molecule has 0 spiro atoms. The molecule has 4 nitrogen and oxygen atoms in total. The first-order valence-corrected chi connectivity index (χ1v) is 6.42. The van der Waals surface area contributed by atoms with Crippen molar-refractivity contribution in [2.45, 2.75) is 6.92 Å². The summed E-state index contributed by atoms with van der Waals surface area (Å²) in [6.45, 7) is 1.74. The minimum Gasteiger partial charge on any atom is -0.321 e. The van der Waals surface area contributed by atoms with E-state index < -0.39 is 0 Å². The van der Waals surface area contributed by atoms with Gasteiger partial charge in [0.1, 0.15) is 4.88 Å². The molecule has 0 radical (unpaired) electrons. The highest BCUT2D eigenvalue weighted by Gasteiger charge is 2.15. The van der Waals surface area contributed by atoms with Crippen LogP contribution in [0.15, 0.2) is 29.1 Å². The Labute approximate surface area is 113 Å². The lowest BCUT2D eigenvalue weighted by Gasteiger charge is -2.04. The van der Waals surface area contributed by atoms with Gasteiger partial charge in [-0.1, -0.05) is 22.9 Å². The van der Waals surface area contributed by atoms with Crippen molar-refractivity contribution in [2.24, 2.45) is 7.05 Å². The Morgan fingerprint density at radius 1 is 1.33 bits per heavy atom. The number of hydrogen-bond acceptors (Lipinski definition) is 3. The standard InChI is InChI=1S/C12H11ClN2O2S/c1-7-10(18-12(17)15(7)2)11(16)14-9-5-3-8(13)4-6-9/h3-6H,1-2H3,(H,14,16). The Morgan fingerprint density at radius 3 is 2.44 bits per heavy atom. The summed E-state index contributed by atoms with van der Waals surface area (Å²) in [6.07, 6.45) is 0. The number of hydrogen-bond donors (Lipinski definition) is 1. The van der Waals surface area contributed by atoms with Crippen LogP contribution in [0.25, 0.3) is 0 Å². The molecule has 0 atom stereocenters. The number of nitrogens with zero attached hydrogens (tertiary/aromatic N) is 1. The zero-order valence-corrected chi connectivity index (χ0v) is 11.4. The van der Waals surface area contributed by atoms with Gasteiger partial charge in [0.05, 0.1) is 0 Å². The second kappa shape index (κ2) is 4.96. The minimum atomic E-state index is -0.280. The first kappa shape index (κ1) is 12.9. The van der Waals surface area contributed by atoms with Crippen molar-refractivity contribution in [3.8, 4) is 0 Å². The van der Waals surface area contributed by atoms with E-state index in [4.69, 9.17) is 11.6 Å². The van der Waals surface area contributed by atoms with E-state index in [2.05, 4.69) is 5.32 Å². The van der Waals surface area contributed by atoms with Crippen molar-refractivity contribution in [2.75, 3.05) is 5.32 Å². The highest BCUT2D eigenvalue weighted by molar-refractivity contribution is 7.11. The second-order valence-electron chi connectivity index (χ2n) is 3.80. The number of carbonyl (C=O) groups excluding carboxylic acids is 1. The van der Waals surface area contributed by atoms with E-state index in [0.717, 1.165) is 11.3 Å². The molecule has 1 N–H and O–H groups in total. The van der Waals surface area contributed by atoms with Gasteiger partial charge in [-0.25, -0.2) is 0 Å². The minimum absolute atomic E-state index is 0.145. The molecule has 0 aliphatic carbocycles. The topological polar surface area (TPSA) is 51.1 Å². The van der Waals surface area contributed by atoms with Gasteiger partial charge < -0.3 is 9.88 Å². The third kappa shape index (κ3) is 2.47. The van der Waals surface area contributed by atoms with Crippen molar-refractivity contribution in [3.63, 3.8) is 0 Å². The molecular formula is C12H11ClN2O2S. The van der Waals surface area contributed by atoms with Crippen molar-refractivity contribution < 1.29 is 4.79 Å².